The summed E-state index contributed by atoms with van der Waals surface area (Å²) in [7, 11) is 2.08. The van der Waals surface area contributed by atoms with E-state index in [1.807, 2.05) is 6.92 Å². The van der Waals surface area contributed by atoms with Crippen molar-refractivity contribution in [3.63, 3.8) is 0 Å². The maximum Gasteiger partial charge on any atom is 0.221 e. The second-order valence-electron chi connectivity index (χ2n) is 4.30. The van der Waals surface area contributed by atoms with E-state index >= 15 is 0 Å². The van der Waals surface area contributed by atoms with Crippen molar-refractivity contribution in [1.29, 1.82) is 0 Å². The lowest BCUT2D eigenvalue weighted by atomic mass is 9.90. The van der Waals surface area contributed by atoms with Gasteiger partial charge in [0.1, 0.15) is 0 Å². The Kier molecular flexibility index (Phi) is 5.05. The molecular weight excluding hydrogens is 190 g/mol. The van der Waals surface area contributed by atoms with E-state index < -0.39 is 0 Å². The predicted octanol–water partition coefficient (Wildman–Crippen LogP) is 0.324. The number of carbonyl (C=O) groups is 1. The smallest absolute Gasteiger partial charge is 0.221 e. The van der Waals surface area contributed by atoms with Gasteiger partial charge in [0.15, 0.2) is 0 Å². The SMILES string of the molecule is CCNC(=O)CC(CN)N(C)C1CCC1. The van der Waals surface area contributed by atoms with Crippen LogP contribution in [-0.4, -0.2) is 43.0 Å². The standard InChI is InChI=1S/C11H23N3O/c1-3-13-11(15)7-10(8-12)14(2)9-5-4-6-9/h9-10H,3-8,12H2,1-2H3,(H,13,15). The van der Waals surface area contributed by atoms with Crippen LogP contribution in [0.25, 0.3) is 0 Å². The fraction of sp³-hybridized carbons (Fsp3) is 0.909. The quantitative estimate of drug-likeness (QED) is 0.668. The van der Waals surface area contributed by atoms with E-state index in [4.69, 9.17) is 5.73 Å². The van der Waals surface area contributed by atoms with Gasteiger partial charge in [-0.1, -0.05) is 6.42 Å². The molecule has 0 aromatic carbocycles. The van der Waals surface area contributed by atoms with Gasteiger partial charge in [-0.25, -0.2) is 0 Å². The summed E-state index contributed by atoms with van der Waals surface area (Å²) in [6, 6.07) is 0.842. The zero-order chi connectivity index (χ0) is 11.3. The van der Waals surface area contributed by atoms with Crippen LogP contribution in [0.2, 0.25) is 0 Å². The Hall–Kier alpha value is -0.610. The van der Waals surface area contributed by atoms with Crippen LogP contribution in [0.3, 0.4) is 0 Å². The molecule has 0 aromatic heterocycles. The lowest BCUT2D eigenvalue weighted by Gasteiger charge is -2.39. The second-order valence-corrected chi connectivity index (χ2v) is 4.30. The summed E-state index contributed by atoms with van der Waals surface area (Å²) >= 11 is 0. The minimum Gasteiger partial charge on any atom is -0.356 e. The highest BCUT2D eigenvalue weighted by molar-refractivity contribution is 5.76. The number of likely N-dealkylation sites (N-methyl/N-ethyl adjacent to an activating group) is 1. The van der Waals surface area contributed by atoms with Crippen LogP contribution in [0.1, 0.15) is 32.6 Å². The van der Waals surface area contributed by atoms with Gasteiger partial charge in [0, 0.05) is 31.6 Å². The van der Waals surface area contributed by atoms with Crippen molar-refractivity contribution >= 4 is 5.91 Å². The number of nitrogens with two attached hydrogens (primary N) is 1. The Labute approximate surface area is 92.2 Å². The number of nitrogens with one attached hydrogen (secondary N) is 1. The molecule has 1 atom stereocenters. The van der Waals surface area contributed by atoms with E-state index in [9.17, 15) is 4.79 Å². The molecule has 0 heterocycles. The van der Waals surface area contributed by atoms with Crippen LogP contribution in [0.15, 0.2) is 0 Å². The van der Waals surface area contributed by atoms with Crippen LogP contribution in [0.5, 0.6) is 0 Å². The highest BCUT2D eigenvalue weighted by atomic mass is 16.1. The number of hydrogen-bond acceptors (Lipinski definition) is 3. The summed E-state index contributed by atoms with van der Waals surface area (Å²) < 4.78 is 0. The van der Waals surface area contributed by atoms with Crippen molar-refractivity contribution in [3.8, 4) is 0 Å². The molecule has 1 aliphatic rings. The topological polar surface area (TPSA) is 58.4 Å². The minimum absolute atomic E-state index is 0.110. The highest BCUT2D eigenvalue weighted by Crippen LogP contribution is 2.25. The van der Waals surface area contributed by atoms with Crippen LogP contribution in [0.4, 0.5) is 0 Å². The number of nitrogens with zero attached hydrogens (tertiary/aromatic N) is 1. The van der Waals surface area contributed by atoms with Crippen LogP contribution in [0, 0.1) is 0 Å². The first-order valence-electron chi connectivity index (χ1n) is 5.87. The molecule has 0 aliphatic heterocycles. The molecule has 1 aliphatic carbocycles. The summed E-state index contributed by atoms with van der Waals surface area (Å²) in [5, 5.41) is 2.82. The molecule has 1 unspecified atom stereocenters. The van der Waals surface area contributed by atoms with Gasteiger partial charge >= 0.3 is 0 Å². The third kappa shape index (κ3) is 3.47. The predicted molar refractivity (Wildman–Crippen MR) is 61.5 cm³/mol. The number of rotatable bonds is 6. The number of amides is 1. The van der Waals surface area contributed by atoms with Gasteiger partial charge in [0.05, 0.1) is 0 Å². The Morgan fingerprint density at radius 1 is 1.60 bits per heavy atom. The highest BCUT2D eigenvalue weighted by Gasteiger charge is 2.27. The zero-order valence-electron chi connectivity index (χ0n) is 9.83. The average Bonchev–Trinajstić information content (AvgIpc) is 2.11. The van der Waals surface area contributed by atoms with Gasteiger partial charge in [0.2, 0.25) is 5.91 Å². The summed E-state index contributed by atoms with van der Waals surface area (Å²) in [5.74, 6) is 0.110. The van der Waals surface area contributed by atoms with E-state index in [2.05, 4.69) is 17.3 Å². The molecule has 1 saturated carbocycles. The summed E-state index contributed by atoms with van der Waals surface area (Å²) in [4.78, 5) is 13.7. The van der Waals surface area contributed by atoms with Crippen molar-refractivity contribution in [3.05, 3.63) is 0 Å². The fourth-order valence-electron chi connectivity index (χ4n) is 1.97. The largest absolute Gasteiger partial charge is 0.356 e. The fourth-order valence-corrected chi connectivity index (χ4v) is 1.97. The normalized spacial score (nSPS) is 18.7. The molecule has 1 rings (SSSR count). The lowest BCUT2D eigenvalue weighted by molar-refractivity contribution is -0.122. The van der Waals surface area contributed by atoms with E-state index in [1.165, 1.54) is 19.3 Å². The Bertz CT molecular complexity index is 204. The van der Waals surface area contributed by atoms with Crippen molar-refractivity contribution in [2.75, 3.05) is 20.1 Å². The monoisotopic (exact) mass is 213 g/mol. The molecule has 88 valence electrons. The van der Waals surface area contributed by atoms with E-state index in [-0.39, 0.29) is 11.9 Å². The number of carbonyl (C=O) groups excluding carboxylic acids is 1. The Morgan fingerprint density at radius 3 is 2.67 bits per heavy atom. The van der Waals surface area contributed by atoms with E-state index in [0.29, 0.717) is 25.6 Å². The van der Waals surface area contributed by atoms with Gasteiger partial charge in [-0.15, -0.1) is 0 Å². The minimum atomic E-state index is 0.110. The van der Waals surface area contributed by atoms with Crippen molar-refractivity contribution in [1.82, 2.24) is 10.2 Å². The first kappa shape index (κ1) is 12.5. The van der Waals surface area contributed by atoms with E-state index in [1.54, 1.807) is 0 Å². The molecule has 1 amide bonds. The van der Waals surface area contributed by atoms with Crippen molar-refractivity contribution in [2.45, 2.75) is 44.7 Å². The van der Waals surface area contributed by atoms with Gasteiger partial charge < -0.3 is 11.1 Å². The van der Waals surface area contributed by atoms with Gasteiger partial charge in [-0.05, 0) is 26.8 Å². The summed E-state index contributed by atoms with van der Waals surface area (Å²) in [6.45, 7) is 3.19. The summed E-state index contributed by atoms with van der Waals surface area (Å²) in [6.07, 6.45) is 4.34. The van der Waals surface area contributed by atoms with Crippen molar-refractivity contribution < 1.29 is 4.79 Å². The zero-order valence-corrected chi connectivity index (χ0v) is 9.83. The molecule has 4 nitrogen and oxygen atoms in total. The molecule has 15 heavy (non-hydrogen) atoms. The third-order valence-corrected chi connectivity index (χ3v) is 3.29. The molecule has 0 saturated heterocycles. The Balaban J connectivity index is 2.36. The van der Waals surface area contributed by atoms with Gasteiger partial charge in [0.25, 0.3) is 0 Å². The van der Waals surface area contributed by atoms with Crippen LogP contribution >= 0.6 is 0 Å². The number of hydrogen-bond donors (Lipinski definition) is 2. The molecule has 4 heteroatoms. The van der Waals surface area contributed by atoms with Gasteiger partial charge in [-0.3, -0.25) is 9.69 Å². The maximum atomic E-state index is 11.5. The first-order valence-corrected chi connectivity index (χ1v) is 5.87. The summed E-state index contributed by atoms with van der Waals surface area (Å²) in [5.41, 5.74) is 5.71. The van der Waals surface area contributed by atoms with Crippen LogP contribution < -0.4 is 11.1 Å². The van der Waals surface area contributed by atoms with Crippen molar-refractivity contribution in [2.24, 2.45) is 5.73 Å². The third-order valence-electron chi connectivity index (χ3n) is 3.29. The molecule has 0 spiro atoms. The first-order chi connectivity index (χ1) is 7.19. The van der Waals surface area contributed by atoms with Gasteiger partial charge in [-0.2, -0.15) is 0 Å². The van der Waals surface area contributed by atoms with E-state index in [0.717, 1.165) is 0 Å². The maximum absolute atomic E-state index is 11.5. The van der Waals surface area contributed by atoms with Crippen LogP contribution in [-0.2, 0) is 4.79 Å². The lowest BCUT2D eigenvalue weighted by Crippen LogP contribution is -2.49. The molecule has 0 radical (unpaired) electrons. The second kappa shape index (κ2) is 6.08. The molecule has 3 N–H and O–H groups in total. The average molecular weight is 213 g/mol. The Morgan fingerprint density at radius 2 is 2.27 bits per heavy atom. The molecular formula is C11H23N3O. The molecule has 0 aromatic rings. The molecule has 0 bridgehead atoms. The molecule has 1 fully saturated rings.